The number of fused-ring (bicyclic) bond motifs is 1. The molecule has 0 spiro atoms. The highest BCUT2D eigenvalue weighted by molar-refractivity contribution is 5.80. The van der Waals surface area contributed by atoms with Gasteiger partial charge >= 0.3 is 6.09 Å². The molecule has 19 heavy (non-hydrogen) atoms. The standard InChI is InChI=1S/C15H17NO3/c1-16(9-10-6-7-10)15(18)19-14-8-13(17)11-4-2-3-5-12(11)14/h2-5,8,10,13,17H,6-7,9H2,1H3. The van der Waals surface area contributed by atoms with Crippen molar-refractivity contribution in [3.63, 3.8) is 0 Å². The van der Waals surface area contributed by atoms with Crippen molar-refractivity contribution in [2.24, 2.45) is 5.92 Å². The van der Waals surface area contributed by atoms with Crippen molar-refractivity contribution in [2.45, 2.75) is 18.9 Å². The molecular formula is C15H17NO3. The number of nitrogens with zero attached hydrogens (tertiary/aromatic N) is 1. The zero-order valence-electron chi connectivity index (χ0n) is 10.9. The molecule has 3 rings (SSSR count). The van der Waals surface area contributed by atoms with E-state index in [1.165, 1.54) is 12.8 Å². The summed E-state index contributed by atoms with van der Waals surface area (Å²) in [5, 5.41) is 9.88. The Bertz CT molecular complexity index is 534. The van der Waals surface area contributed by atoms with Crippen LogP contribution in [0.25, 0.3) is 5.76 Å². The van der Waals surface area contributed by atoms with Gasteiger partial charge in [-0.15, -0.1) is 0 Å². The van der Waals surface area contributed by atoms with Crippen molar-refractivity contribution < 1.29 is 14.6 Å². The first kappa shape index (κ1) is 12.2. The second kappa shape index (κ2) is 4.70. The van der Waals surface area contributed by atoms with Crippen LogP contribution in [-0.4, -0.2) is 29.7 Å². The zero-order valence-corrected chi connectivity index (χ0v) is 10.9. The van der Waals surface area contributed by atoms with Gasteiger partial charge in [0.2, 0.25) is 0 Å². The fourth-order valence-corrected chi connectivity index (χ4v) is 2.33. The van der Waals surface area contributed by atoms with Crippen molar-refractivity contribution in [3.05, 3.63) is 41.5 Å². The van der Waals surface area contributed by atoms with Gasteiger partial charge in [0.15, 0.2) is 0 Å². The molecule has 0 aromatic heterocycles. The van der Waals surface area contributed by atoms with Crippen LogP contribution in [0.15, 0.2) is 30.3 Å². The lowest BCUT2D eigenvalue weighted by Crippen LogP contribution is -2.28. The van der Waals surface area contributed by atoms with Gasteiger partial charge in [0.1, 0.15) is 11.9 Å². The molecule has 4 heteroatoms. The first-order valence-electron chi connectivity index (χ1n) is 6.57. The van der Waals surface area contributed by atoms with E-state index < -0.39 is 6.10 Å². The molecule has 0 saturated heterocycles. The normalized spacial score (nSPS) is 20.7. The highest BCUT2D eigenvalue weighted by atomic mass is 16.6. The maximum atomic E-state index is 12.0. The van der Waals surface area contributed by atoms with E-state index in [1.807, 2.05) is 24.3 Å². The molecule has 0 heterocycles. The lowest BCUT2D eigenvalue weighted by Gasteiger charge is -2.17. The highest BCUT2D eigenvalue weighted by Gasteiger charge is 2.28. The van der Waals surface area contributed by atoms with Crippen LogP contribution in [0.4, 0.5) is 4.79 Å². The molecule has 1 saturated carbocycles. The minimum atomic E-state index is -0.687. The summed E-state index contributed by atoms with van der Waals surface area (Å²) in [6.07, 6.45) is 2.92. The number of carbonyl (C=O) groups excluding carboxylic acids is 1. The molecule has 0 aliphatic heterocycles. The Balaban J connectivity index is 1.70. The van der Waals surface area contributed by atoms with Crippen LogP contribution in [0, 0.1) is 5.92 Å². The summed E-state index contributed by atoms with van der Waals surface area (Å²) in [6, 6.07) is 7.42. The average molecular weight is 259 g/mol. The second-order valence-electron chi connectivity index (χ2n) is 5.25. The number of aliphatic hydroxyl groups is 1. The van der Waals surface area contributed by atoms with Crippen LogP contribution in [0.2, 0.25) is 0 Å². The smallest absolute Gasteiger partial charge is 0.410 e. The first-order valence-corrected chi connectivity index (χ1v) is 6.57. The predicted octanol–water partition coefficient (Wildman–Crippen LogP) is 2.55. The van der Waals surface area contributed by atoms with Crippen LogP contribution in [0.1, 0.15) is 30.1 Å². The summed E-state index contributed by atoms with van der Waals surface area (Å²) in [7, 11) is 1.75. The highest BCUT2D eigenvalue weighted by Crippen LogP contribution is 2.35. The van der Waals surface area contributed by atoms with Gasteiger partial charge in [-0.2, -0.15) is 0 Å². The maximum absolute atomic E-state index is 12.0. The summed E-state index contributed by atoms with van der Waals surface area (Å²) >= 11 is 0. The number of amides is 1. The van der Waals surface area contributed by atoms with Gasteiger partial charge in [0.05, 0.1) is 0 Å². The molecule has 1 aromatic carbocycles. The van der Waals surface area contributed by atoms with Gasteiger partial charge < -0.3 is 14.7 Å². The topological polar surface area (TPSA) is 49.8 Å². The van der Waals surface area contributed by atoms with E-state index in [0.29, 0.717) is 11.7 Å². The molecule has 1 fully saturated rings. The monoisotopic (exact) mass is 259 g/mol. The summed E-state index contributed by atoms with van der Waals surface area (Å²) in [4.78, 5) is 13.6. The van der Waals surface area contributed by atoms with Crippen molar-refractivity contribution in [2.75, 3.05) is 13.6 Å². The minimum absolute atomic E-state index is 0.359. The van der Waals surface area contributed by atoms with E-state index >= 15 is 0 Å². The van der Waals surface area contributed by atoms with Gasteiger partial charge in [-0.25, -0.2) is 4.79 Å². The third-order valence-electron chi connectivity index (χ3n) is 3.59. The van der Waals surface area contributed by atoms with Crippen LogP contribution < -0.4 is 0 Å². The zero-order chi connectivity index (χ0) is 13.4. The van der Waals surface area contributed by atoms with E-state index in [2.05, 4.69) is 0 Å². The van der Waals surface area contributed by atoms with Crippen molar-refractivity contribution in [3.8, 4) is 0 Å². The lowest BCUT2D eigenvalue weighted by molar-refractivity contribution is 0.152. The number of ether oxygens (including phenoxy) is 1. The van der Waals surface area contributed by atoms with Crippen LogP contribution in [-0.2, 0) is 4.74 Å². The van der Waals surface area contributed by atoms with Crippen LogP contribution >= 0.6 is 0 Å². The SMILES string of the molecule is CN(CC1CC1)C(=O)OC1=CC(O)c2ccccc21. The molecular weight excluding hydrogens is 242 g/mol. The molecule has 0 radical (unpaired) electrons. The Morgan fingerprint density at radius 3 is 2.89 bits per heavy atom. The summed E-state index contributed by atoms with van der Waals surface area (Å²) < 4.78 is 5.39. The molecule has 1 unspecified atom stereocenters. The van der Waals surface area contributed by atoms with E-state index in [1.54, 1.807) is 18.0 Å². The Labute approximate surface area is 112 Å². The molecule has 2 aliphatic carbocycles. The number of rotatable bonds is 3. The first-order chi connectivity index (χ1) is 9.15. The number of carbonyl (C=O) groups is 1. The van der Waals surface area contributed by atoms with Crippen LogP contribution in [0.3, 0.4) is 0 Å². The maximum Gasteiger partial charge on any atom is 0.414 e. The fourth-order valence-electron chi connectivity index (χ4n) is 2.33. The Hall–Kier alpha value is -1.81. The fraction of sp³-hybridized carbons (Fsp3) is 0.400. The summed E-state index contributed by atoms with van der Waals surface area (Å²) in [5.41, 5.74) is 1.58. The molecule has 1 N–H and O–H groups in total. The molecule has 1 aromatic rings. The average Bonchev–Trinajstić information content (AvgIpc) is 3.16. The van der Waals surface area contributed by atoms with Gasteiger partial charge in [-0.3, -0.25) is 0 Å². The molecule has 0 bridgehead atoms. The number of benzene rings is 1. The van der Waals surface area contributed by atoms with Gasteiger partial charge in [0, 0.05) is 19.2 Å². The van der Waals surface area contributed by atoms with Gasteiger partial charge in [-0.05, 0) is 30.4 Å². The predicted molar refractivity (Wildman–Crippen MR) is 71.2 cm³/mol. The number of aliphatic hydroxyl groups excluding tert-OH is 1. The Morgan fingerprint density at radius 1 is 1.42 bits per heavy atom. The number of hydrogen-bond acceptors (Lipinski definition) is 3. The second-order valence-corrected chi connectivity index (χ2v) is 5.25. The van der Waals surface area contributed by atoms with Crippen molar-refractivity contribution in [1.82, 2.24) is 4.90 Å². The molecule has 100 valence electrons. The van der Waals surface area contributed by atoms with Gasteiger partial charge in [-0.1, -0.05) is 24.3 Å². The number of hydrogen-bond donors (Lipinski definition) is 1. The van der Waals surface area contributed by atoms with E-state index in [-0.39, 0.29) is 6.09 Å². The van der Waals surface area contributed by atoms with Crippen molar-refractivity contribution in [1.29, 1.82) is 0 Å². The molecule has 2 aliphatic rings. The molecule has 1 atom stereocenters. The summed E-state index contributed by atoms with van der Waals surface area (Å²) in [6.45, 7) is 0.746. The largest absolute Gasteiger partial charge is 0.414 e. The van der Waals surface area contributed by atoms with E-state index in [9.17, 15) is 9.90 Å². The van der Waals surface area contributed by atoms with E-state index in [0.717, 1.165) is 17.7 Å². The Morgan fingerprint density at radius 2 is 2.16 bits per heavy atom. The third kappa shape index (κ3) is 2.49. The van der Waals surface area contributed by atoms with Crippen molar-refractivity contribution >= 4 is 11.9 Å². The van der Waals surface area contributed by atoms with Crippen LogP contribution in [0.5, 0.6) is 0 Å². The van der Waals surface area contributed by atoms with E-state index in [4.69, 9.17) is 4.74 Å². The lowest BCUT2D eigenvalue weighted by atomic mass is 10.1. The minimum Gasteiger partial charge on any atom is -0.410 e. The quantitative estimate of drug-likeness (QED) is 0.907. The molecule has 4 nitrogen and oxygen atoms in total. The summed E-state index contributed by atoms with van der Waals surface area (Å²) in [5.74, 6) is 1.09. The molecule has 1 amide bonds. The van der Waals surface area contributed by atoms with Gasteiger partial charge in [0.25, 0.3) is 0 Å². The third-order valence-corrected chi connectivity index (χ3v) is 3.59. The Kier molecular flexibility index (Phi) is 3.03.